The van der Waals surface area contributed by atoms with Gasteiger partial charge >= 0.3 is 5.97 Å². The summed E-state index contributed by atoms with van der Waals surface area (Å²) in [5.74, 6) is 0.210. The number of aldehydes is 1. The standard InChI is InChI=1S/C20H22O4/c1-5-23-18-12-16(10-11-17(18)13-21)14-6-8-15(9-7-14)19(22)24-20(2,3)4/h6-13H,5H2,1-4H3. The van der Waals surface area contributed by atoms with Gasteiger partial charge in [-0.25, -0.2) is 4.79 Å². The third-order valence-electron chi connectivity index (χ3n) is 3.29. The predicted octanol–water partition coefficient (Wildman–Crippen LogP) is 4.52. The molecule has 4 heteroatoms. The minimum atomic E-state index is -0.521. The quantitative estimate of drug-likeness (QED) is 0.599. The first-order valence-electron chi connectivity index (χ1n) is 7.90. The van der Waals surface area contributed by atoms with Crippen LogP contribution in [0.1, 0.15) is 48.4 Å². The summed E-state index contributed by atoms with van der Waals surface area (Å²) < 4.78 is 10.9. The molecule has 0 fully saturated rings. The first-order chi connectivity index (χ1) is 11.3. The fraction of sp³-hybridized carbons (Fsp3) is 0.300. The number of rotatable bonds is 5. The molecule has 126 valence electrons. The van der Waals surface area contributed by atoms with Gasteiger partial charge in [0.25, 0.3) is 0 Å². The number of carbonyl (C=O) groups is 2. The Morgan fingerprint density at radius 3 is 2.21 bits per heavy atom. The molecule has 0 aromatic heterocycles. The monoisotopic (exact) mass is 326 g/mol. The number of hydrogen-bond acceptors (Lipinski definition) is 4. The summed E-state index contributed by atoms with van der Waals surface area (Å²) in [6.45, 7) is 7.87. The summed E-state index contributed by atoms with van der Waals surface area (Å²) in [7, 11) is 0. The minimum Gasteiger partial charge on any atom is -0.493 e. The maximum absolute atomic E-state index is 12.0. The van der Waals surface area contributed by atoms with Crippen molar-refractivity contribution in [3.8, 4) is 16.9 Å². The molecule has 24 heavy (non-hydrogen) atoms. The highest BCUT2D eigenvalue weighted by molar-refractivity contribution is 5.90. The predicted molar refractivity (Wildman–Crippen MR) is 93.6 cm³/mol. The van der Waals surface area contributed by atoms with Crippen LogP contribution in [0.5, 0.6) is 5.75 Å². The van der Waals surface area contributed by atoms with E-state index in [-0.39, 0.29) is 5.97 Å². The van der Waals surface area contributed by atoms with Crippen molar-refractivity contribution in [2.24, 2.45) is 0 Å². The summed E-state index contributed by atoms with van der Waals surface area (Å²) in [5.41, 5.74) is 2.35. The zero-order chi connectivity index (χ0) is 17.7. The molecule has 2 aromatic rings. The molecule has 0 radical (unpaired) electrons. The number of ether oxygens (including phenoxy) is 2. The first kappa shape index (κ1) is 17.7. The van der Waals surface area contributed by atoms with Gasteiger partial charge in [0.05, 0.1) is 17.7 Å². The summed E-state index contributed by atoms with van der Waals surface area (Å²) in [6.07, 6.45) is 0.778. The van der Waals surface area contributed by atoms with E-state index in [1.54, 1.807) is 18.2 Å². The molecule has 4 nitrogen and oxygen atoms in total. The summed E-state index contributed by atoms with van der Waals surface area (Å²) in [5, 5.41) is 0. The lowest BCUT2D eigenvalue weighted by Gasteiger charge is -2.19. The highest BCUT2D eigenvalue weighted by Crippen LogP contribution is 2.27. The van der Waals surface area contributed by atoms with Crippen molar-refractivity contribution in [1.82, 2.24) is 0 Å². The van der Waals surface area contributed by atoms with Crippen LogP contribution in [0.15, 0.2) is 42.5 Å². The molecule has 0 aliphatic carbocycles. The van der Waals surface area contributed by atoms with E-state index in [4.69, 9.17) is 9.47 Å². The van der Waals surface area contributed by atoms with Crippen molar-refractivity contribution in [2.45, 2.75) is 33.3 Å². The van der Waals surface area contributed by atoms with Crippen LogP contribution < -0.4 is 4.74 Å². The maximum Gasteiger partial charge on any atom is 0.338 e. The highest BCUT2D eigenvalue weighted by atomic mass is 16.6. The van der Waals surface area contributed by atoms with E-state index >= 15 is 0 Å². The largest absolute Gasteiger partial charge is 0.493 e. The Morgan fingerprint density at radius 2 is 1.67 bits per heavy atom. The Hall–Kier alpha value is -2.62. The van der Waals surface area contributed by atoms with Gasteiger partial charge in [0, 0.05) is 0 Å². The van der Waals surface area contributed by atoms with Crippen LogP contribution in [0.2, 0.25) is 0 Å². The molecular formula is C20H22O4. The van der Waals surface area contributed by atoms with Gasteiger partial charge in [-0.05, 0) is 63.1 Å². The molecule has 0 N–H and O–H groups in total. The maximum atomic E-state index is 12.0. The molecule has 0 heterocycles. The van der Waals surface area contributed by atoms with Crippen molar-refractivity contribution in [2.75, 3.05) is 6.61 Å². The van der Waals surface area contributed by atoms with Gasteiger partial charge in [-0.1, -0.05) is 18.2 Å². The SMILES string of the molecule is CCOc1cc(-c2ccc(C(=O)OC(C)(C)C)cc2)ccc1C=O. The van der Waals surface area contributed by atoms with Gasteiger partial charge in [-0.15, -0.1) is 0 Å². The van der Waals surface area contributed by atoms with Crippen LogP contribution in [0.4, 0.5) is 0 Å². The lowest BCUT2D eigenvalue weighted by Crippen LogP contribution is -2.23. The zero-order valence-corrected chi connectivity index (χ0v) is 14.5. The Bertz CT molecular complexity index is 724. The molecule has 2 aromatic carbocycles. The Morgan fingerprint density at radius 1 is 1.04 bits per heavy atom. The second kappa shape index (κ2) is 7.30. The van der Waals surface area contributed by atoms with Crippen LogP contribution in [0.25, 0.3) is 11.1 Å². The van der Waals surface area contributed by atoms with Crippen molar-refractivity contribution < 1.29 is 19.1 Å². The molecule has 2 rings (SSSR count). The van der Waals surface area contributed by atoms with E-state index in [1.807, 2.05) is 52.0 Å². The van der Waals surface area contributed by atoms with Gasteiger partial charge in [-0.3, -0.25) is 4.79 Å². The van der Waals surface area contributed by atoms with Gasteiger partial charge in [0.1, 0.15) is 11.4 Å². The third kappa shape index (κ3) is 4.44. The molecule has 0 aliphatic rings. The molecule has 0 saturated carbocycles. The molecular weight excluding hydrogens is 304 g/mol. The summed E-state index contributed by atoms with van der Waals surface area (Å²) in [4.78, 5) is 23.1. The van der Waals surface area contributed by atoms with Crippen LogP contribution in [0, 0.1) is 0 Å². The second-order valence-electron chi connectivity index (χ2n) is 6.38. The average Bonchev–Trinajstić information content (AvgIpc) is 2.54. The van der Waals surface area contributed by atoms with E-state index in [9.17, 15) is 9.59 Å². The molecule has 0 saturated heterocycles. The van der Waals surface area contributed by atoms with E-state index in [0.717, 1.165) is 17.4 Å². The lowest BCUT2D eigenvalue weighted by molar-refractivity contribution is 0.00695. The number of hydrogen-bond donors (Lipinski definition) is 0. The summed E-state index contributed by atoms with van der Waals surface area (Å²) >= 11 is 0. The van der Waals surface area contributed by atoms with Crippen molar-refractivity contribution >= 4 is 12.3 Å². The first-order valence-corrected chi connectivity index (χ1v) is 7.90. The fourth-order valence-electron chi connectivity index (χ4n) is 2.23. The molecule has 0 unspecified atom stereocenters. The van der Waals surface area contributed by atoms with Crippen LogP contribution in [0.3, 0.4) is 0 Å². The number of benzene rings is 2. The number of carbonyl (C=O) groups excluding carboxylic acids is 2. The summed E-state index contributed by atoms with van der Waals surface area (Å²) in [6, 6.07) is 12.6. The van der Waals surface area contributed by atoms with Crippen LogP contribution in [-0.2, 0) is 4.74 Å². The zero-order valence-electron chi connectivity index (χ0n) is 14.5. The minimum absolute atomic E-state index is 0.347. The van der Waals surface area contributed by atoms with Gasteiger partial charge in [0.2, 0.25) is 0 Å². The van der Waals surface area contributed by atoms with E-state index < -0.39 is 5.60 Å². The Balaban J connectivity index is 2.26. The molecule has 0 amide bonds. The smallest absolute Gasteiger partial charge is 0.338 e. The Labute approximate surface area is 142 Å². The van der Waals surface area contributed by atoms with Crippen molar-refractivity contribution in [3.05, 3.63) is 53.6 Å². The normalized spacial score (nSPS) is 11.0. The van der Waals surface area contributed by atoms with Crippen molar-refractivity contribution in [1.29, 1.82) is 0 Å². The topological polar surface area (TPSA) is 52.6 Å². The van der Waals surface area contributed by atoms with Gasteiger partial charge in [0.15, 0.2) is 6.29 Å². The fourth-order valence-corrected chi connectivity index (χ4v) is 2.23. The molecule has 0 aliphatic heterocycles. The van der Waals surface area contributed by atoms with Crippen LogP contribution >= 0.6 is 0 Å². The van der Waals surface area contributed by atoms with Crippen LogP contribution in [-0.4, -0.2) is 24.5 Å². The molecule has 0 atom stereocenters. The molecule has 0 bridgehead atoms. The van der Waals surface area contributed by atoms with E-state index in [2.05, 4.69) is 0 Å². The highest BCUT2D eigenvalue weighted by Gasteiger charge is 2.17. The van der Waals surface area contributed by atoms with Crippen molar-refractivity contribution in [3.63, 3.8) is 0 Å². The average molecular weight is 326 g/mol. The number of esters is 1. The van der Waals surface area contributed by atoms with Gasteiger partial charge in [-0.2, -0.15) is 0 Å². The second-order valence-corrected chi connectivity index (χ2v) is 6.38. The third-order valence-corrected chi connectivity index (χ3v) is 3.29. The Kier molecular flexibility index (Phi) is 5.39. The van der Waals surface area contributed by atoms with E-state index in [1.165, 1.54) is 0 Å². The van der Waals surface area contributed by atoms with Gasteiger partial charge < -0.3 is 9.47 Å². The molecule has 0 spiro atoms. The van der Waals surface area contributed by atoms with E-state index in [0.29, 0.717) is 23.5 Å². The lowest BCUT2D eigenvalue weighted by atomic mass is 10.0.